The zero-order valence-corrected chi connectivity index (χ0v) is 13.2. The smallest absolute Gasteiger partial charge is 0.343 e. The molecular weight excluding hydrogens is 286 g/mol. The molecule has 0 saturated carbocycles. The molecule has 116 valence electrons. The average Bonchev–Trinajstić information content (AvgIpc) is 2.99. The molecule has 0 spiro atoms. The maximum atomic E-state index is 12.2. The quantitative estimate of drug-likeness (QED) is 0.492. The number of esters is 1. The van der Waals surface area contributed by atoms with Crippen molar-refractivity contribution in [1.82, 2.24) is 4.90 Å². The Morgan fingerprint density at radius 2 is 2.09 bits per heavy atom. The van der Waals surface area contributed by atoms with Crippen molar-refractivity contribution < 1.29 is 9.53 Å². The van der Waals surface area contributed by atoms with E-state index >= 15 is 0 Å². The maximum absolute atomic E-state index is 12.2. The monoisotopic (exact) mass is 305 g/mol. The number of nitrogens with zero attached hydrogens (tertiary/aromatic N) is 1. The third-order valence-corrected chi connectivity index (χ3v) is 4.26. The van der Waals surface area contributed by atoms with E-state index in [1.165, 1.54) is 11.1 Å². The van der Waals surface area contributed by atoms with Crippen LogP contribution in [-0.2, 0) is 6.42 Å². The molecule has 0 radical (unpaired) electrons. The Hall–Kier alpha value is -2.57. The molecule has 3 rings (SSSR count). The van der Waals surface area contributed by atoms with E-state index in [0.717, 1.165) is 12.8 Å². The van der Waals surface area contributed by atoms with E-state index in [1.54, 1.807) is 12.1 Å². The van der Waals surface area contributed by atoms with Gasteiger partial charge in [-0.15, -0.1) is 6.42 Å². The first-order valence-electron chi connectivity index (χ1n) is 7.73. The highest BCUT2D eigenvalue weighted by atomic mass is 16.5. The highest BCUT2D eigenvalue weighted by molar-refractivity contribution is 5.91. The molecule has 0 unspecified atom stereocenters. The summed E-state index contributed by atoms with van der Waals surface area (Å²) in [5.74, 6) is 2.93. The summed E-state index contributed by atoms with van der Waals surface area (Å²) in [4.78, 5) is 14.3. The van der Waals surface area contributed by atoms with Gasteiger partial charge >= 0.3 is 5.97 Å². The highest BCUT2D eigenvalue weighted by Crippen LogP contribution is 2.37. The molecule has 2 aromatic carbocycles. The van der Waals surface area contributed by atoms with Crippen molar-refractivity contribution in [3.8, 4) is 18.1 Å². The number of fused-ring (bicyclic) bond motifs is 1. The molecule has 0 N–H and O–H groups in total. The summed E-state index contributed by atoms with van der Waals surface area (Å²) < 4.78 is 5.52. The van der Waals surface area contributed by atoms with Gasteiger partial charge in [0.15, 0.2) is 0 Å². The van der Waals surface area contributed by atoms with Gasteiger partial charge in [-0.05, 0) is 55.3 Å². The minimum Gasteiger partial charge on any atom is -0.423 e. The molecule has 0 saturated heterocycles. The van der Waals surface area contributed by atoms with E-state index in [1.807, 2.05) is 43.4 Å². The van der Waals surface area contributed by atoms with Gasteiger partial charge in [0.1, 0.15) is 5.75 Å². The van der Waals surface area contributed by atoms with Crippen LogP contribution in [0, 0.1) is 12.3 Å². The normalized spacial score (nSPS) is 16.0. The lowest BCUT2D eigenvalue weighted by atomic mass is 10.1. The lowest BCUT2D eigenvalue weighted by Crippen LogP contribution is -2.23. The van der Waals surface area contributed by atoms with Gasteiger partial charge in [-0.25, -0.2) is 4.79 Å². The Labute approximate surface area is 136 Å². The Balaban J connectivity index is 1.80. The molecular formula is C20H19NO2. The van der Waals surface area contributed by atoms with Gasteiger partial charge in [-0.3, -0.25) is 4.90 Å². The summed E-state index contributed by atoms with van der Waals surface area (Å²) in [5, 5.41) is 0. The molecule has 0 bridgehead atoms. The zero-order chi connectivity index (χ0) is 16.2. The van der Waals surface area contributed by atoms with Gasteiger partial charge in [-0.2, -0.15) is 0 Å². The Morgan fingerprint density at radius 1 is 1.30 bits per heavy atom. The third kappa shape index (κ3) is 3.28. The SMILES string of the molecule is C#CCN(C)[C@H]1CCc2ccc(OC(=O)c3ccccc3)cc21. The zero-order valence-electron chi connectivity index (χ0n) is 13.2. The molecule has 1 atom stereocenters. The van der Waals surface area contributed by atoms with Gasteiger partial charge < -0.3 is 4.74 Å². The van der Waals surface area contributed by atoms with Gasteiger partial charge in [-0.1, -0.05) is 30.2 Å². The molecule has 23 heavy (non-hydrogen) atoms. The lowest BCUT2D eigenvalue weighted by molar-refractivity contribution is 0.0734. The standard InChI is InChI=1S/C20H19NO2/c1-3-13-21(2)19-12-10-15-9-11-17(14-18(15)19)23-20(22)16-7-5-4-6-8-16/h1,4-9,11,14,19H,10,12-13H2,2H3/t19-/m0/s1. The van der Waals surface area contributed by atoms with E-state index in [0.29, 0.717) is 17.9 Å². The van der Waals surface area contributed by atoms with Crippen molar-refractivity contribution in [2.75, 3.05) is 13.6 Å². The average molecular weight is 305 g/mol. The predicted molar refractivity (Wildman–Crippen MR) is 90.4 cm³/mol. The molecule has 0 heterocycles. The molecule has 0 amide bonds. The predicted octanol–water partition coefficient (Wildman–Crippen LogP) is 3.46. The van der Waals surface area contributed by atoms with E-state index in [9.17, 15) is 4.79 Å². The second kappa shape index (κ2) is 6.68. The van der Waals surface area contributed by atoms with Crippen molar-refractivity contribution in [3.63, 3.8) is 0 Å². The van der Waals surface area contributed by atoms with Crippen LogP contribution in [0.3, 0.4) is 0 Å². The Morgan fingerprint density at radius 3 is 2.83 bits per heavy atom. The Bertz CT molecular complexity index is 746. The first kappa shape index (κ1) is 15.3. The first-order valence-corrected chi connectivity index (χ1v) is 7.73. The van der Waals surface area contributed by atoms with E-state index in [4.69, 9.17) is 11.2 Å². The molecule has 2 aromatic rings. The second-order valence-corrected chi connectivity index (χ2v) is 5.79. The number of aryl methyl sites for hydroxylation is 1. The molecule has 1 aliphatic carbocycles. The fourth-order valence-electron chi connectivity index (χ4n) is 3.07. The van der Waals surface area contributed by atoms with Crippen molar-refractivity contribution in [2.24, 2.45) is 0 Å². The van der Waals surface area contributed by atoms with Crippen LogP contribution in [0.1, 0.15) is 33.9 Å². The molecule has 0 aromatic heterocycles. The maximum Gasteiger partial charge on any atom is 0.343 e. The summed E-state index contributed by atoms with van der Waals surface area (Å²) >= 11 is 0. The summed E-state index contributed by atoms with van der Waals surface area (Å²) in [6.45, 7) is 0.609. The van der Waals surface area contributed by atoms with Crippen molar-refractivity contribution >= 4 is 5.97 Å². The van der Waals surface area contributed by atoms with Crippen molar-refractivity contribution in [1.29, 1.82) is 0 Å². The fraction of sp³-hybridized carbons (Fsp3) is 0.250. The minimum absolute atomic E-state index is 0.288. The first-order chi connectivity index (χ1) is 11.2. The van der Waals surface area contributed by atoms with Crippen LogP contribution >= 0.6 is 0 Å². The topological polar surface area (TPSA) is 29.5 Å². The molecule has 0 aliphatic heterocycles. The van der Waals surface area contributed by atoms with Gasteiger partial charge in [0.2, 0.25) is 0 Å². The second-order valence-electron chi connectivity index (χ2n) is 5.79. The fourth-order valence-corrected chi connectivity index (χ4v) is 3.07. The molecule has 0 fully saturated rings. The number of benzene rings is 2. The van der Waals surface area contributed by atoms with E-state index < -0.39 is 0 Å². The third-order valence-electron chi connectivity index (χ3n) is 4.26. The number of ether oxygens (including phenoxy) is 1. The summed E-state index contributed by atoms with van der Waals surface area (Å²) in [6.07, 6.45) is 7.49. The Kier molecular flexibility index (Phi) is 4.45. The number of terminal acetylenes is 1. The number of carbonyl (C=O) groups excluding carboxylic acids is 1. The van der Waals surface area contributed by atoms with Crippen LogP contribution in [0.15, 0.2) is 48.5 Å². The molecule has 3 nitrogen and oxygen atoms in total. The number of hydrogen-bond donors (Lipinski definition) is 0. The number of hydrogen-bond acceptors (Lipinski definition) is 3. The van der Waals surface area contributed by atoms with Crippen LogP contribution in [0.5, 0.6) is 5.75 Å². The van der Waals surface area contributed by atoms with Crippen molar-refractivity contribution in [2.45, 2.75) is 18.9 Å². The summed E-state index contributed by atoms with van der Waals surface area (Å²) in [5.41, 5.74) is 3.06. The van der Waals surface area contributed by atoms with Gasteiger partial charge in [0.25, 0.3) is 0 Å². The number of rotatable bonds is 4. The van der Waals surface area contributed by atoms with Crippen LogP contribution in [0.4, 0.5) is 0 Å². The van der Waals surface area contributed by atoms with Gasteiger partial charge in [0, 0.05) is 6.04 Å². The van der Waals surface area contributed by atoms with Crippen LogP contribution < -0.4 is 4.74 Å². The van der Waals surface area contributed by atoms with Crippen LogP contribution in [0.25, 0.3) is 0 Å². The lowest BCUT2D eigenvalue weighted by Gasteiger charge is -2.23. The summed E-state index contributed by atoms with van der Waals surface area (Å²) in [7, 11) is 2.03. The van der Waals surface area contributed by atoms with Crippen LogP contribution in [-0.4, -0.2) is 24.5 Å². The highest BCUT2D eigenvalue weighted by Gasteiger charge is 2.26. The van der Waals surface area contributed by atoms with E-state index in [2.05, 4.69) is 10.8 Å². The minimum atomic E-state index is -0.336. The largest absolute Gasteiger partial charge is 0.423 e. The molecule has 1 aliphatic rings. The summed E-state index contributed by atoms with van der Waals surface area (Å²) in [6, 6.07) is 15.2. The number of carbonyl (C=O) groups is 1. The van der Waals surface area contributed by atoms with E-state index in [-0.39, 0.29) is 12.0 Å². The van der Waals surface area contributed by atoms with Crippen molar-refractivity contribution in [3.05, 3.63) is 65.2 Å². The van der Waals surface area contributed by atoms with Crippen LogP contribution in [0.2, 0.25) is 0 Å². The molecule has 3 heteroatoms. The van der Waals surface area contributed by atoms with Gasteiger partial charge in [0.05, 0.1) is 12.1 Å².